The van der Waals surface area contributed by atoms with E-state index in [4.69, 9.17) is 4.74 Å². The molecule has 1 N–H and O–H groups in total. The number of carbonyl (C=O) groups is 1. The highest BCUT2D eigenvalue weighted by atomic mass is 16.5. The summed E-state index contributed by atoms with van der Waals surface area (Å²) in [4.78, 5) is 11.4. The second kappa shape index (κ2) is 3.42. The average molecular weight is 195 g/mol. The molecule has 14 heavy (non-hydrogen) atoms. The smallest absolute Gasteiger partial charge is 0.269 e. The van der Waals surface area contributed by atoms with Crippen LogP contribution in [0.3, 0.4) is 0 Å². The summed E-state index contributed by atoms with van der Waals surface area (Å²) in [6.07, 6.45) is 1.07. The molecule has 5 heteroatoms. The lowest BCUT2D eigenvalue weighted by Crippen LogP contribution is -2.20. The van der Waals surface area contributed by atoms with Gasteiger partial charge in [-0.05, 0) is 6.07 Å². The summed E-state index contributed by atoms with van der Waals surface area (Å²) < 4.78 is 6.87. The first kappa shape index (κ1) is 9.21. The molecule has 1 fully saturated rings. The highest BCUT2D eigenvalue weighted by molar-refractivity contribution is 5.92. The van der Waals surface area contributed by atoms with Crippen molar-refractivity contribution in [1.29, 1.82) is 0 Å². The summed E-state index contributed by atoms with van der Waals surface area (Å²) in [6.45, 7) is 0.788. The maximum absolute atomic E-state index is 11.4. The van der Waals surface area contributed by atoms with Crippen molar-refractivity contribution in [3.05, 3.63) is 17.5 Å². The summed E-state index contributed by atoms with van der Waals surface area (Å²) in [5.41, 5.74) is 1.41. The zero-order valence-electron chi connectivity index (χ0n) is 8.28. The van der Waals surface area contributed by atoms with Gasteiger partial charge >= 0.3 is 0 Å². The third-order valence-corrected chi connectivity index (χ3v) is 2.39. The minimum absolute atomic E-state index is 0.0830. The second-order valence-corrected chi connectivity index (χ2v) is 3.31. The molecule has 2 rings (SSSR count). The van der Waals surface area contributed by atoms with Crippen LogP contribution in [0.25, 0.3) is 0 Å². The van der Waals surface area contributed by atoms with Crippen molar-refractivity contribution < 1.29 is 9.53 Å². The third-order valence-electron chi connectivity index (χ3n) is 2.39. The molecular formula is C9H13N3O2. The second-order valence-electron chi connectivity index (χ2n) is 3.31. The number of aromatic nitrogens is 2. The summed E-state index contributed by atoms with van der Waals surface area (Å²) in [7, 11) is 3.36. The van der Waals surface area contributed by atoms with Gasteiger partial charge in [0.05, 0.1) is 12.3 Å². The zero-order chi connectivity index (χ0) is 10.1. The molecule has 1 saturated heterocycles. The van der Waals surface area contributed by atoms with Crippen LogP contribution >= 0.6 is 0 Å². The molecule has 0 spiro atoms. The standard InChI is InChI=1S/C9H13N3O2/c1-10-9(13)7-5-6(11-12(7)2)8-3-4-14-8/h5,8H,3-4H2,1-2H3,(H,10,13)/t8-/m1/s1. The van der Waals surface area contributed by atoms with Crippen molar-refractivity contribution in [2.45, 2.75) is 12.5 Å². The van der Waals surface area contributed by atoms with E-state index in [2.05, 4.69) is 10.4 Å². The quantitative estimate of drug-likeness (QED) is 0.735. The third kappa shape index (κ3) is 1.39. The molecule has 1 aliphatic heterocycles. The number of nitrogens with zero attached hydrogens (tertiary/aromatic N) is 2. The Bertz CT molecular complexity index is 355. The van der Waals surface area contributed by atoms with Crippen LogP contribution in [0.2, 0.25) is 0 Å². The van der Waals surface area contributed by atoms with Crippen LogP contribution < -0.4 is 5.32 Å². The molecule has 0 radical (unpaired) electrons. The first-order valence-electron chi connectivity index (χ1n) is 4.60. The van der Waals surface area contributed by atoms with Crippen molar-refractivity contribution in [3.8, 4) is 0 Å². The first-order valence-corrected chi connectivity index (χ1v) is 4.60. The Balaban J connectivity index is 2.24. The fourth-order valence-electron chi connectivity index (χ4n) is 1.46. The topological polar surface area (TPSA) is 56.1 Å². The summed E-state index contributed by atoms with van der Waals surface area (Å²) >= 11 is 0. The van der Waals surface area contributed by atoms with Gasteiger partial charge in [0.25, 0.3) is 5.91 Å². The molecule has 0 unspecified atom stereocenters. The van der Waals surface area contributed by atoms with Gasteiger partial charge in [-0.2, -0.15) is 5.10 Å². The van der Waals surface area contributed by atoms with Crippen LogP contribution in [0.5, 0.6) is 0 Å². The molecule has 1 amide bonds. The Hall–Kier alpha value is -1.36. The molecule has 0 aromatic carbocycles. The van der Waals surface area contributed by atoms with Gasteiger partial charge in [-0.1, -0.05) is 0 Å². The fourth-order valence-corrected chi connectivity index (χ4v) is 1.46. The maximum Gasteiger partial charge on any atom is 0.269 e. The van der Waals surface area contributed by atoms with Crippen LogP contribution in [0.4, 0.5) is 0 Å². The average Bonchev–Trinajstić information content (AvgIpc) is 2.43. The number of hydrogen-bond donors (Lipinski definition) is 1. The number of ether oxygens (including phenoxy) is 1. The SMILES string of the molecule is CNC(=O)c1cc([C@H]2CCO2)nn1C. The van der Waals surface area contributed by atoms with E-state index in [-0.39, 0.29) is 12.0 Å². The minimum atomic E-state index is -0.120. The maximum atomic E-state index is 11.4. The van der Waals surface area contributed by atoms with Crippen LogP contribution in [0.15, 0.2) is 6.07 Å². The Morgan fingerprint density at radius 3 is 3.00 bits per heavy atom. The van der Waals surface area contributed by atoms with E-state index in [9.17, 15) is 4.79 Å². The number of nitrogens with one attached hydrogen (secondary N) is 1. The van der Waals surface area contributed by atoms with Gasteiger partial charge in [0, 0.05) is 20.5 Å². The lowest BCUT2D eigenvalue weighted by molar-refractivity contribution is -0.0555. The molecule has 0 bridgehead atoms. The molecule has 2 heterocycles. The van der Waals surface area contributed by atoms with E-state index in [0.29, 0.717) is 5.69 Å². The fraction of sp³-hybridized carbons (Fsp3) is 0.556. The van der Waals surface area contributed by atoms with Crippen molar-refractivity contribution in [3.63, 3.8) is 0 Å². The Kier molecular flexibility index (Phi) is 2.25. The molecule has 0 aliphatic carbocycles. The van der Waals surface area contributed by atoms with Gasteiger partial charge in [-0.15, -0.1) is 0 Å². The number of rotatable bonds is 2. The molecule has 0 saturated carbocycles. The lowest BCUT2D eigenvalue weighted by Gasteiger charge is -2.24. The summed E-state index contributed by atoms with van der Waals surface area (Å²) in [5, 5.41) is 6.80. The predicted molar refractivity (Wildman–Crippen MR) is 49.9 cm³/mol. The Morgan fingerprint density at radius 2 is 2.50 bits per heavy atom. The van der Waals surface area contributed by atoms with Gasteiger partial charge < -0.3 is 10.1 Å². The molecule has 1 atom stereocenters. The molecule has 1 aromatic heterocycles. The largest absolute Gasteiger partial charge is 0.372 e. The van der Waals surface area contributed by atoms with Crippen LogP contribution in [-0.2, 0) is 11.8 Å². The number of amides is 1. The van der Waals surface area contributed by atoms with Gasteiger partial charge in [-0.25, -0.2) is 0 Å². The van der Waals surface area contributed by atoms with Crippen molar-refractivity contribution in [2.24, 2.45) is 7.05 Å². The van der Waals surface area contributed by atoms with E-state index in [1.165, 1.54) is 0 Å². The Morgan fingerprint density at radius 1 is 1.79 bits per heavy atom. The van der Waals surface area contributed by atoms with E-state index in [1.807, 2.05) is 0 Å². The van der Waals surface area contributed by atoms with E-state index >= 15 is 0 Å². The Labute approximate surface area is 82.0 Å². The highest BCUT2D eigenvalue weighted by Gasteiger charge is 2.24. The van der Waals surface area contributed by atoms with E-state index < -0.39 is 0 Å². The molecule has 5 nitrogen and oxygen atoms in total. The van der Waals surface area contributed by atoms with Crippen LogP contribution in [0.1, 0.15) is 28.7 Å². The molecule has 76 valence electrons. The summed E-state index contributed by atoms with van der Waals surface area (Å²) in [5.74, 6) is -0.120. The lowest BCUT2D eigenvalue weighted by atomic mass is 10.1. The van der Waals surface area contributed by atoms with E-state index in [0.717, 1.165) is 18.7 Å². The van der Waals surface area contributed by atoms with Crippen molar-refractivity contribution >= 4 is 5.91 Å². The van der Waals surface area contributed by atoms with Gasteiger partial charge in [-0.3, -0.25) is 9.48 Å². The minimum Gasteiger partial charge on any atom is -0.372 e. The van der Waals surface area contributed by atoms with Crippen molar-refractivity contribution in [1.82, 2.24) is 15.1 Å². The number of carbonyl (C=O) groups excluding carboxylic acids is 1. The number of aryl methyl sites for hydroxylation is 1. The van der Waals surface area contributed by atoms with Crippen LogP contribution in [0, 0.1) is 0 Å². The molecule has 1 aromatic rings. The normalized spacial score (nSPS) is 20.3. The van der Waals surface area contributed by atoms with Crippen molar-refractivity contribution in [2.75, 3.05) is 13.7 Å². The molecule has 1 aliphatic rings. The first-order chi connectivity index (χ1) is 6.72. The van der Waals surface area contributed by atoms with Gasteiger partial charge in [0.2, 0.25) is 0 Å². The molecular weight excluding hydrogens is 182 g/mol. The van der Waals surface area contributed by atoms with Gasteiger partial charge in [0.1, 0.15) is 11.8 Å². The summed E-state index contributed by atoms with van der Waals surface area (Å²) in [6, 6.07) is 1.78. The highest BCUT2D eigenvalue weighted by Crippen LogP contribution is 2.28. The predicted octanol–water partition coefficient (Wildman–Crippen LogP) is 0.241. The van der Waals surface area contributed by atoms with Crippen LogP contribution in [-0.4, -0.2) is 29.3 Å². The van der Waals surface area contributed by atoms with Gasteiger partial charge in [0.15, 0.2) is 0 Å². The zero-order valence-corrected chi connectivity index (χ0v) is 8.28. The monoisotopic (exact) mass is 195 g/mol. The van der Waals surface area contributed by atoms with E-state index in [1.54, 1.807) is 24.8 Å². The number of hydrogen-bond acceptors (Lipinski definition) is 3.